The molecule has 0 saturated carbocycles. The van der Waals surface area contributed by atoms with E-state index in [0.717, 1.165) is 0 Å². The molecule has 0 aromatic heterocycles. The second-order valence-corrected chi connectivity index (χ2v) is 6.03. The molecule has 0 N–H and O–H groups in total. The Morgan fingerprint density at radius 2 is 1.67 bits per heavy atom. The predicted octanol–water partition coefficient (Wildman–Crippen LogP) is 2.59. The molecule has 6 heteroatoms. The van der Waals surface area contributed by atoms with Crippen LogP contribution in [-0.2, 0) is 19.1 Å². The third-order valence-electron chi connectivity index (χ3n) is 2.11. The zero-order valence-corrected chi connectivity index (χ0v) is 12.9. The number of thioether (sulfide) groups is 1. The van der Waals surface area contributed by atoms with Crippen LogP contribution in [-0.4, -0.2) is 34.6 Å². The van der Waals surface area contributed by atoms with Crippen molar-refractivity contribution in [1.29, 1.82) is 0 Å². The SMILES string of the molecule is CCOC(=O)C(C)CC(SC(C)=S)C(=O)OCC. The summed E-state index contributed by atoms with van der Waals surface area (Å²) < 4.78 is 10.5. The molecule has 0 saturated heterocycles. The molecule has 0 aliphatic heterocycles. The second-order valence-electron chi connectivity index (χ2n) is 3.74. The van der Waals surface area contributed by atoms with E-state index < -0.39 is 5.25 Å². The van der Waals surface area contributed by atoms with Crippen molar-refractivity contribution in [2.75, 3.05) is 13.2 Å². The Hall–Kier alpha value is -0.620. The first kappa shape index (κ1) is 17.4. The molecule has 0 amide bonds. The molecular formula is C12H20O4S2. The van der Waals surface area contributed by atoms with E-state index in [4.69, 9.17) is 21.7 Å². The lowest BCUT2D eigenvalue weighted by atomic mass is 10.1. The van der Waals surface area contributed by atoms with Crippen LogP contribution >= 0.6 is 24.0 Å². The van der Waals surface area contributed by atoms with Crippen LogP contribution in [0.4, 0.5) is 0 Å². The lowest BCUT2D eigenvalue weighted by Crippen LogP contribution is -2.27. The average molecular weight is 292 g/mol. The summed E-state index contributed by atoms with van der Waals surface area (Å²) in [6, 6.07) is 0. The molecule has 4 nitrogen and oxygen atoms in total. The summed E-state index contributed by atoms with van der Waals surface area (Å²) >= 11 is 6.24. The normalized spacial score (nSPS) is 13.6. The summed E-state index contributed by atoms with van der Waals surface area (Å²) in [6.45, 7) is 7.65. The van der Waals surface area contributed by atoms with Crippen LogP contribution in [0.1, 0.15) is 34.1 Å². The summed E-state index contributed by atoms with van der Waals surface area (Å²) in [6.07, 6.45) is 0.371. The first-order valence-corrected chi connectivity index (χ1v) is 7.21. The standard InChI is InChI=1S/C12H20O4S2/c1-5-15-11(13)8(3)7-10(18-9(4)17)12(14)16-6-2/h8,10H,5-7H2,1-4H3. The number of ether oxygens (including phenoxy) is 2. The highest BCUT2D eigenvalue weighted by atomic mass is 32.2. The van der Waals surface area contributed by atoms with Crippen molar-refractivity contribution in [3.05, 3.63) is 0 Å². The second kappa shape index (κ2) is 9.33. The van der Waals surface area contributed by atoms with Gasteiger partial charge in [-0.05, 0) is 27.2 Å². The third-order valence-corrected chi connectivity index (χ3v) is 3.40. The Labute approximate surface area is 118 Å². The minimum atomic E-state index is -0.443. The molecule has 0 rings (SSSR count). The summed E-state index contributed by atoms with van der Waals surface area (Å²) in [5, 5.41) is -0.443. The van der Waals surface area contributed by atoms with Crippen molar-refractivity contribution in [3.8, 4) is 0 Å². The van der Waals surface area contributed by atoms with Gasteiger partial charge in [-0.2, -0.15) is 0 Å². The molecule has 0 aromatic carbocycles. The minimum absolute atomic E-state index is 0.297. The Morgan fingerprint density at radius 3 is 2.11 bits per heavy atom. The predicted molar refractivity (Wildman–Crippen MR) is 76.7 cm³/mol. The van der Waals surface area contributed by atoms with Crippen LogP contribution in [0.5, 0.6) is 0 Å². The number of hydrogen-bond donors (Lipinski definition) is 0. The van der Waals surface area contributed by atoms with Crippen LogP contribution < -0.4 is 0 Å². The summed E-state index contributed by atoms with van der Waals surface area (Å²) in [5.74, 6) is -0.974. The maximum Gasteiger partial charge on any atom is 0.319 e. The highest BCUT2D eigenvalue weighted by Crippen LogP contribution is 2.23. The zero-order valence-electron chi connectivity index (χ0n) is 11.2. The quantitative estimate of drug-likeness (QED) is 0.531. The largest absolute Gasteiger partial charge is 0.466 e. The Balaban J connectivity index is 4.52. The number of carbonyl (C=O) groups is 2. The fourth-order valence-electron chi connectivity index (χ4n) is 1.33. The van der Waals surface area contributed by atoms with Gasteiger partial charge in [0, 0.05) is 4.20 Å². The molecule has 0 aliphatic carbocycles. The van der Waals surface area contributed by atoms with E-state index in [9.17, 15) is 9.59 Å². The Bertz CT molecular complexity index is 304. The number of rotatable bonds is 7. The van der Waals surface area contributed by atoms with Gasteiger partial charge in [0.1, 0.15) is 5.25 Å². The molecule has 104 valence electrons. The van der Waals surface area contributed by atoms with Gasteiger partial charge in [-0.1, -0.05) is 19.1 Å². The summed E-state index contributed by atoms with van der Waals surface area (Å²) in [7, 11) is 0. The van der Waals surface area contributed by atoms with E-state index in [1.54, 1.807) is 27.7 Å². The van der Waals surface area contributed by atoms with E-state index in [-0.39, 0.29) is 17.9 Å². The van der Waals surface area contributed by atoms with Crippen molar-refractivity contribution < 1.29 is 19.1 Å². The van der Waals surface area contributed by atoms with Crippen molar-refractivity contribution in [2.24, 2.45) is 5.92 Å². The maximum absolute atomic E-state index is 11.7. The van der Waals surface area contributed by atoms with Gasteiger partial charge in [0.2, 0.25) is 0 Å². The molecule has 0 bridgehead atoms. The zero-order chi connectivity index (χ0) is 14.1. The van der Waals surface area contributed by atoms with Crippen LogP contribution in [0.2, 0.25) is 0 Å². The average Bonchev–Trinajstić information content (AvgIpc) is 2.28. The molecule has 2 atom stereocenters. The van der Waals surface area contributed by atoms with E-state index in [1.807, 2.05) is 0 Å². The topological polar surface area (TPSA) is 52.6 Å². The van der Waals surface area contributed by atoms with E-state index in [0.29, 0.717) is 23.8 Å². The van der Waals surface area contributed by atoms with Crippen LogP contribution in [0.15, 0.2) is 0 Å². The highest BCUT2D eigenvalue weighted by molar-refractivity contribution is 8.23. The van der Waals surface area contributed by atoms with Crippen LogP contribution in [0, 0.1) is 5.92 Å². The van der Waals surface area contributed by atoms with E-state index in [1.165, 1.54) is 11.8 Å². The van der Waals surface area contributed by atoms with Gasteiger partial charge < -0.3 is 9.47 Å². The highest BCUT2D eigenvalue weighted by Gasteiger charge is 2.27. The molecule has 0 spiro atoms. The van der Waals surface area contributed by atoms with Crippen molar-refractivity contribution >= 4 is 40.1 Å². The molecule has 0 radical (unpaired) electrons. The fourth-order valence-corrected chi connectivity index (χ4v) is 2.63. The smallest absolute Gasteiger partial charge is 0.319 e. The fraction of sp³-hybridized carbons (Fsp3) is 0.750. The number of thiocarbonyl (C=S) groups is 1. The van der Waals surface area contributed by atoms with E-state index >= 15 is 0 Å². The van der Waals surface area contributed by atoms with E-state index in [2.05, 4.69) is 0 Å². The molecule has 0 fully saturated rings. The molecular weight excluding hydrogens is 272 g/mol. The van der Waals surface area contributed by atoms with Gasteiger partial charge in [-0.15, -0.1) is 11.8 Å². The maximum atomic E-state index is 11.7. The molecule has 0 aromatic rings. The molecule has 0 aliphatic rings. The lowest BCUT2D eigenvalue weighted by molar-refractivity contribution is -0.148. The first-order valence-electron chi connectivity index (χ1n) is 5.92. The van der Waals surface area contributed by atoms with Crippen LogP contribution in [0.25, 0.3) is 0 Å². The molecule has 0 heterocycles. The van der Waals surface area contributed by atoms with Gasteiger partial charge in [-0.3, -0.25) is 9.59 Å². The monoisotopic (exact) mass is 292 g/mol. The first-order chi connectivity index (χ1) is 8.42. The van der Waals surface area contributed by atoms with Gasteiger partial charge in [0.15, 0.2) is 0 Å². The molecule has 18 heavy (non-hydrogen) atoms. The van der Waals surface area contributed by atoms with Crippen LogP contribution in [0.3, 0.4) is 0 Å². The summed E-state index contributed by atoms with van der Waals surface area (Å²) in [4.78, 5) is 23.3. The van der Waals surface area contributed by atoms with Crippen molar-refractivity contribution in [2.45, 2.75) is 39.4 Å². The third kappa shape index (κ3) is 6.96. The minimum Gasteiger partial charge on any atom is -0.466 e. The van der Waals surface area contributed by atoms with Gasteiger partial charge in [0.05, 0.1) is 19.1 Å². The number of esters is 2. The number of carbonyl (C=O) groups excluding carboxylic acids is 2. The van der Waals surface area contributed by atoms with Gasteiger partial charge in [-0.25, -0.2) is 0 Å². The molecule has 2 unspecified atom stereocenters. The van der Waals surface area contributed by atoms with Gasteiger partial charge in [0.25, 0.3) is 0 Å². The van der Waals surface area contributed by atoms with Gasteiger partial charge >= 0.3 is 11.9 Å². The lowest BCUT2D eigenvalue weighted by Gasteiger charge is -2.17. The number of hydrogen-bond acceptors (Lipinski definition) is 6. The summed E-state index contributed by atoms with van der Waals surface area (Å²) in [5.41, 5.74) is 0. The Morgan fingerprint density at radius 1 is 1.17 bits per heavy atom. The van der Waals surface area contributed by atoms with Crippen molar-refractivity contribution in [3.63, 3.8) is 0 Å². The Kier molecular flexibility index (Phi) is 9.01. The van der Waals surface area contributed by atoms with Crippen molar-refractivity contribution in [1.82, 2.24) is 0 Å².